The average molecular weight is 562 g/mol. The van der Waals surface area contributed by atoms with Gasteiger partial charge in [0.2, 0.25) is 5.78 Å². The Morgan fingerprint density at radius 1 is 0.879 bits per heavy atom. The predicted octanol–water partition coefficient (Wildman–Crippen LogP) is 7.12. The number of fused-ring (bicyclic) bond motifs is 4. The number of ketones is 1. The van der Waals surface area contributed by atoms with Crippen LogP contribution < -0.4 is 4.74 Å². The van der Waals surface area contributed by atoms with Crippen molar-refractivity contribution in [1.82, 2.24) is 5.01 Å². The molecule has 0 aromatic heterocycles. The molecule has 0 unspecified atom stereocenters. The zero-order valence-electron chi connectivity index (χ0n) is 17.4. The van der Waals surface area contributed by atoms with Gasteiger partial charge in [-0.05, 0) is 52.7 Å². The lowest BCUT2D eigenvalue weighted by atomic mass is 9.95. The first-order valence-electron chi connectivity index (χ1n) is 10.7. The van der Waals surface area contributed by atoms with Crippen molar-refractivity contribution in [2.75, 3.05) is 0 Å². The largest absolute Gasteiger partial charge is 0.461 e. The lowest BCUT2D eigenvalue weighted by molar-refractivity contribution is -0.00459. The highest BCUT2D eigenvalue weighted by Crippen LogP contribution is 2.44. The van der Waals surface area contributed by atoms with E-state index in [2.05, 4.69) is 68.3 Å². The minimum absolute atomic E-state index is 0.0721. The van der Waals surface area contributed by atoms with E-state index in [9.17, 15) is 4.79 Å². The second kappa shape index (κ2) is 8.12. The number of carbonyl (C=O) groups is 1. The van der Waals surface area contributed by atoms with E-state index in [-0.39, 0.29) is 11.8 Å². The summed E-state index contributed by atoms with van der Waals surface area (Å²) in [7, 11) is 0. The van der Waals surface area contributed by atoms with Crippen LogP contribution in [0.15, 0.2) is 99.0 Å². The predicted molar refractivity (Wildman–Crippen MR) is 137 cm³/mol. The van der Waals surface area contributed by atoms with Gasteiger partial charge in [-0.25, -0.2) is 5.01 Å². The van der Waals surface area contributed by atoms with E-state index in [0.29, 0.717) is 12.0 Å². The molecule has 6 rings (SSSR count). The lowest BCUT2D eigenvalue weighted by Crippen LogP contribution is -2.45. The summed E-state index contributed by atoms with van der Waals surface area (Å²) >= 11 is 7.01. The molecular weight excluding hydrogens is 544 g/mol. The molecule has 2 aliphatic rings. The number of carbonyl (C=O) groups excluding carboxylic acids is 1. The Balaban J connectivity index is 1.43. The molecule has 0 radical (unpaired) electrons. The van der Waals surface area contributed by atoms with E-state index < -0.39 is 6.23 Å². The van der Waals surface area contributed by atoms with Crippen LogP contribution in [-0.4, -0.2) is 22.7 Å². The van der Waals surface area contributed by atoms with Crippen molar-refractivity contribution in [2.45, 2.75) is 18.7 Å². The van der Waals surface area contributed by atoms with Crippen molar-refractivity contribution >= 4 is 54.1 Å². The van der Waals surface area contributed by atoms with Gasteiger partial charge in [0.25, 0.3) is 6.23 Å². The number of ether oxygens (including phenoxy) is 1. The standard InChI is InChI=1S/C27H18Br2N2O2/c28-20-9-7-17(8-10-20)26(32)27-31-24(22-14-21(29)11-12-25(22)33-27)15-23(30-31)19-6-5-16-3-1-2-4-18(16)13-19/h1-14,24,27H,15H2/t24-,27-/m1/s1. The van der Waals surface area contributed by atoms with E-state index in [4.69, 9.17) is 9.84 Å². The van der Waals surface area contributed by atoms with Crippen molar-refractivity contribution in [1.29, 1.82) is 0 Å². The van der Waals surface area contributed by atoms with Crippen LogP contribution in [0.2, 0.25) is 0 Å². The first-order valence-corrected chi connectivity index (χ1v) is 12.3. The van der Waals surface area contributed by atoms with Crippen molar-refractivity contribution in [2.24, 2.45) is 5.10 Å². The molecule has 4 nitrogen and oxygen atoms in total. The van der Waals surface area contributed by atoms with Gasteiger partial charge < -0.3 is 4.74 Å². The molecular formula is C27H18Br2N2O2. The Hall–Kier alpha value is -2.96. The quantitative estimate of drug-likeness (QED) is 0.250. The molecule has 33 heavy (non-hydrogen) atoms. The van der Waals surface area contributed by atoms with Gasteiger partial charge in [-0.15, -0.1) is 0 Å². The number of rotatable bonds is 3. The molecule has 2 heterocycles. The topological polar surface area (TPSA) is 41.9 Å². The number of benzene rings is 4. The van der Waals surface area contributed by atoms with E-state index in [1.54, 1.807) is 0 Å². The number of hydrazone groups is 1. The summed E-state index contributed by atoms with van der Waals surface area (Å²) in [4.78, 5) is 13.5. The molecule has 4 aromatic carbocycles. The third-order valence-corrected chi connectivity index (χ3v) is 7.21. The summed E-state index contributed by atoms with van der Waals surface area (Å²) in [6.07, 6.45) is -0.113. The summed E-state index contributed by atoms with van der Waals surface area (Å²) in [6, 6.07) is 27.9. The molecule has 0 fully saturated rings. The van der Waals surface area contributed by atoms with E-state index in [0.717, 1.165) is 31.5 Å². The fraction of sp³-hybridized carbons (Fsp3) is 0.111. The van der Waals surface area contributed by atoms with Gasteiger partial charge in [-0.1, -0.05) is 80.4 Å². The first-order chi connectivity index (χ1) is 16.1. The third-order valence-electron chi connectivity index (χ3n) is 6.19. The van der Waals surface area contributed by atoms with Crippen molar-refractivity contribution < 1.29 is 9.53 Å². The van der Waals surface area contributed by atoms with Gasteiger partial charge in [-0.2, -0.15) is 5.10 Å². The smallest absolute Gasteiger partial charge is 0.251 e. The molecule has 2 atom stereocenters. The Labute approximate surface area is 208 Å². The van der Waals surface area contributed by atoms with Crippen LogP contribution in [0.3, 0.4) is 0 Å². The molecule has 0 aliphatic carbocycles. The normalized spacial score (nSPS) is 19.0. The van der Waals surface area contributed by atoms with Crippen molar-refractivity contribution in [3.8, 4) is 5.75 Å². The molecule has 0 saturated carbocycles. The van der Waals surface area contributed by atoms with Crippen LogP contribution in [0.1, 0.15) is 33.9 Å². The number of Topliss-reactive ketones (excluding diaryl/α,β-unsaturated/α-hetero) is 1. The van der Waals surface area contributed by atoms with Gasteiger partial charge in [0.15, 0.2) is 0 Å². The van der Waals surface area contributed by atoms with E-state index in [1.165, 1.54) is 10.8 Å². The van der Waals surface area contributed by atoms with Crippen LogP contribution in [0.25, 0.3) is 10.8 Å². The number of hydrogen-bond acceptors (Lipinski definition) is 4. The molecule has 0 N–H and O–H groups in total. The van der Waals surface area contributed by atoms with E-state index >= 15 is 0 Å². The maximum atomic E-state index is 13.5. The second-order valence-electron chi connectivity index (χ2n) is 8.23. The Kier molecular flexibility index (Phi) is 5.07. The Morgan fingerprint density at radius 2 is 1.64 bits per heavy atom. The molecule has 0 spiro atoms. The summed E-state index contributed by atoms with van der Waals surface area (Å²) in [5.74, 6) is 0.620. The summed E-state index contributed by atoms with van der Waals surface area (Å²) in [5, 5.41) is 9.14. The highest BCUT2D eigenvalue weighted by molar-refractivity contribution is 9.10. The van der Waals surface area contributed by atoms with Gasteiger partial charge >= 0.3 is 0 Å². The molecule has 4 aromatic rings. The van der Waals surface area contributed by atoms with Crippen LogP contribution in [-0.2, 0) is 0 Å². The van der Waals surface area contributed by atoms with Gasteiger partial charge in [0.05, 0.1) is 11.8 Å². The minimum atomic E-state index is -0.817. The monoisotopic (exact) mass is 560 g/mol. The maximum Gasteiger partial charge on any atom is 0.251 e. The van der Waals surface area contributed by atoms with Gasteiger partial charge in [0, 0.05) is 26.5 Å². The molecule has 0 amide bonds. The Bertz CT molecular complexity index is 1430. The fourth-order valence-electron chi connectivity index (χ4n) is 4.53. The molecule has 6 heteroatoms. The zero-order valence-corrected chi connectivity index (χ0v) is 20.6. The molecule has 162 valence electrons. The second-order valence-corrected chi connectivity index (χ2v) is 10.1. The van der Waals surface area contributed by atoms with Crippen LogP contribution in [0.5, 0.6) is 5.75 Å². The van der Waals surface area contributed by atoms with Crippen LogP contribution >= 0.6 is 31.9 Å². The zero-order chi connectivity index (χ0) is 22.5. The number of halogens is 2. The fourth-order valence-corrected chi connectivity index (χ4v) is 5.17. The van der Waals surface area contributed by atoms with E-state index in [1.807, 2.05) is 53.5 Å². The average Bonchev–Trinajstić information content (AvgIpc) is 3.29. The minimum Gasteiger partial charge on any atom is -0.461 e. The summed E-state index contributed by atoms with van der Waals surface area (Å²) < 4.78 is 8.14. The lowest BCUT2D eigenvalue weighted by Gasteiger charge is -2.37. The highest BCUT2D eigenvalue weighted by atomic mass is 79.9. The Morgan fingerprint density at radius 3 is 2.45 bits per heavy atom. The van der Waals surface area contributed by atoms with Gasteiger partial charge in [-0.3, -0.25) is 4.79 Å². The first kappa shape index (κ1) is 20.6. The molecule has 0 saturated heterocycles. The highest BCUT2D eigenvalue weighted by Gasteiger charge is 2.43. The van der Waals surface area contributed by atoms with Crippen LogP contribution in [0, 0.1) is 0 Å². The summed E-state index contributed by atoms with van der Waals surface area (Å²) in [6.45, 7) is 0. The summed E-state index contributed by atoms with van der Waals surface area (Å²) in [5.41, 5.74) is 3.64. The number of nitrogens with zero attached hydrogens (tertiary/aromatic N) is 2. The number of hydrogen-bond donors (Lipinski definition) is 0. The van der Waals surface area contributed by atoms with Gasteiger partial charge in [0.1, 0.15) is 5.75 Å². The maximum absolute atomic E-state index is 13.5. The van der Waals surface area contributed by atoms with Crippen molar-refractivity contribution in [3.63, 3.8) is 0 Å². The molecule has 2 aliphatic heterocycles. The van der Waals surface area contributed by atoms with Crippen LogP contribution in [0.4, 0.5) is 0 Å². The SMILES string of the molecule is O=C(c1ccc(Br)cc1)[C@H]1Oc2ccc(Br)cc2[C@H]2CC(c3ccc4ccccc4c3)=NN12. The van der Waals surface area contributed by atoms with Crippen molar-refractivity contribution in [3.05, 3.63) is 111 Å². The third kappa shape index (κ3) is 3.67. The molecule has 0 bridgehead atoms.